The predicted molar refractivity (Wildman–Crippen MR) is 106 cm³/mol. The number of anilines is 1. The highest BCUT2D eigenvalue weighted by Crippen LogP contribution is 2.26. The molecule has 1 aliphatic rings. The summed E-state index contributed by atoms with van der Waals surface area (Å²) in [5, 5.41) is 5.94. The standard InChI is InChI=1S/C20H27N5O2/c1-15-12-18(26)24-20(23-15)22-10-9-21-19(27)14-25-11-5-8-17(13-25)16-6-3-2-4-7-16/h2-4,6-7,12,17H,5,8-11,13-14H2,1H3,(H,21,27)(H2,22,23,24,26). The molecule has 1 aliphatic heterocycles. The number of nitrogens with one attached hydrogen (secondary N) is 3. The summed E-state index contributed by atoms with van der Waals surface area (Å²) in [5.41, 5.74) is 1.82. The molecule has 1 saturated heterocycles. The molecule has 0 aliphatic carbocycles. The second-order valence-corrected chi connectivity index (χ2v) is 7.00. The van der Waals surface area contributed by atoms with Gasteiger partial charge in [-0.2, -0.15) is 0 Å². The van der Waals surface area contributed by atoms with Crippen molar-refractivity contribution in [2.24, 2.45) is 0 Å². The lowest BCUT2D eigenvalue weighted by atomic mass is 9.91. The molecule has 2 heterocycles. The molecule has 1 aromatic heterocycles. The number of H-pyrrole nitrogens is 1. The van der Waals surface area contributed by atoms with Gasteiger partial charge in [-0.15, -0.1) is 0 Å². The number of rotatable bonds is 7. The minimum atomic E-state index is -0.188. The van der Waals surface area contributed by atoms with Crippen molar-refractivity contribution in [1.29, 1.82) is 0 Å². The number of hydrogen-bond donors (Lipinski definition) is 3. The van der Waals surface area contributed by atoms with E-state index < -0.39 is 0 Å². The molecular weight excluding hydrogens is 342 g/mol. The van der Waals surface area contributed by atoms with Gasteiger partial charge in [-0.3, -0.25) is 19.5 Å². The van der Waals surface area contributed by atoms with Gasteiger partial charge < -0.3 is 10.6 Å². The van der Waals surface area contributed by atoms with Crippen LogP contribution in [0.3, 0.4) is 0 Å². The average molecular weight is 369 g/mol. The van der Waals surface area contributed by atoms with Gasteiger partial charge in [-0.05, 0) is 37.8 Å². The van der Waals surface area contributed by atoms with E-state index in [0.717, 1.165) is 19.5 Å². The van der Waals surface area contributed by atoms with Crippen LogP contribution in [0.15, 0.2) is 41.2 Å². The van der Waals surface area contributed by atoms with Crippen LogP contribution < -0.4 is 16.2 Å². The summed E-state index contributed by atoms with van der Waals surface area (Å²) in [6.07, 6.45) is 2.29. The predicted octanol–water partition coefficient (Wildman–Crippen LogP) is 1.49. The molecule has 0 spiro atoms. The Morgan fingerprint density at radius 1 is 1.30 bits per heavy atom. The third kappa shape index (κ3) is 5.92. The molecule has 2 aromatic rings. The molecule has 144 valence electrons. The minimum Gasteiger partial charge on any atom is -0.354 e. The number of aromatic nitrogens is 2. The molecule has 1 amide bonds. The number of piperidine rings is 1. The van der Waals surface area contributed by atoms with Crippen molar-refractivity contribution in [3.05, 3.63) is 58.0 Å². The molecule has 1 atom stereocenters. The zero-order valence-corrected chi connectivity index (χ0v) is 15.7. The van der Waals surface area contributed by atoms with Crippen LogP contribution in [0.2, 0.25) is 0 Å². The molecule has 3 N–H and O–H groups in total. The maximum atomic E-state index is 12.2. The van der Waals surface area contributed by atoms with Crippen molar-refractivity contribution in [3.63, 3.8) is 0 Å². The molecule has 7 heteroatoms. The minimum absolute atomic E-state index is 0.0243. The zero-order valence-electron chi connectivity index (χ0n) is 15.7. The number of nitrogens with zero attached hydrogens (tertiary/aromatic N) is 2. The second kappa shape index (κ2) is 9.32. The van der Waals surface area contributed by atoms with Crippen LogP contribution in [-0.2, 0) is 4.79 Å². The van der Waals surface area contributed by atoms with Gasteiger partial charge in [0.1, 0.15) is 0 Å². The number of hydrogen-bond acceptors (Lipinski definition) is 5. The number of amides is 1. The molecule has 1 unspecified atom stereocenters. The van der Waals surface area contributed by atoms with E-state index in [4.69, 9.17) is 0 Å². The first-order valence-electron chi connectivity index (χ1n) is 9.46. The van der Waals surface area contributed by atoms with Crippen molar-refractivity contribution < 1.29 is 4.79 Å². The fraction of sp³-hybridized carbons (Fsp3) is 0.450. The van der Waals surface area contributed by atoms with E-state index in [1.54, 1.807) is 6.92 Å². The Hall–Kier alpha value is -2.67. The summed E-state index contributed by atoms with van der Waals surface area (Å²) < 4.78 is 0. The van der Waals surface area contributed by atoms with Crippen LogP contribution >= 0.6 is 0 Å². The Morgan fingerprint density at radius 2 is 2.11 bits per heavy atom. The number of aryl methyl sites for hydroxylation is 1. The van der Waals surface area contributed by atoms with E-state index in [1.807, 2.05) is 6.07 Å². The summed E-state index contributed by atoms with van der Waals surface area (Å²) >= 11 is 0. The van der Waals surface area contributed by atoms with E-state index in [9.17, 15) is 9.59 Å². The molecule has 1 aromatic carbocycles. The molecule has 0 bridgehead atoms. The largest absolute Gasteiger partial charge is 0.354 e. The molecule has 0 saturated carbocycles. The zero-order chi connectivity index (χ0) is 19.1. The van der Waals surface area contributed by atoms with Gasteiger partial charge in [0.15, 0.2) is 0 Å². The van der Waals surface area contributed by atoms with Gasteiger partial charge in [0.05, 0.1) is 6.54 Å². The van der Waals surface area contributed by atoms with E-state index in [-0.39, 0.29) is 11.5 Å². The van der Waals surface area contributed by atoms with Gasteiger partial charge >= 0.3 is 0 Å². The molecule has 7 nitrogen and oxygen atoms in total. The number of benzene rings is 1. The summed E-state index contributed by atoms with van der Waals surface area (Å²) in [4.78, 5) is 32.7. The third-order valence-electron chi connectivity index (χ3n) is 4.75. The molecular formula is C20H27N5O2. The fourth-order valence-electron chi connectivity index (χ4n) is 3.50. The summed E-state index contributed by atoms with van der Waals surface area (Å²) in [6, 6.07) is 12.0. The van der Waals surface area contributed by atoms with Crippen molar-refractivity contribution in [2.75, 3.05) is 38.0 Å². The smallest absolute Gasteiger partial charge is 0.252 e. The summed E-state index contributed by atoms with van der Waals surface area (Å²) in [5.74, 6) is 0.950. The van der Waals surface area contributed by atoms with Crippen molar-refractivity contribution in [2.45, 2.75) is 25.7 Å². The maximum absolute atomic E-state index is 12.2. The monoisotopic (exact) mass is 369 g/mol. The highest BCUT2D eigenvalue weighted by atomic mass is 16.2. The normalized spacial score (nSPS) is 17.4. The Labute approximate surface area is 159 Å². The second-order valence-electron chi connectivity index (χ2n) is 7.00. The lowest BCUT2D eigenvalue weighted by molar-refractivity contribution is -0.122. The first-order chi connectivity index (χ1) is 13.1. The van der Waals surface area contributed by atoms with Gasteiger partial charge in [-0.25, -0.2) is 4.98 Å². The molecule has 3 rings (SSSR count). The Balaban J connectivity index is 1.39. The lowest BCUT2D eigenvalue weighted by Gasteiger charge is -2.32. The van der Waals surface area contributed by atoms with Crippen molar-refractivity contribution in [3.8, 4) is 0 Å². The summed E-state index contributed by atoms with van der Waals surface area (Å²) in [6.45, 7) is 5.05. The van der Waals surface area contributed by atoms with Crippen LogP contribution in [0.4, 0.5) is 5.95 Å². The number of carbonyl (C=O) groups is 1. The Morgan fingerprint density at radius 3 is 2.89 bits per heavy atom. The van der Waals surface area contributed by atoms with Gasteiger partial charge in [0, 0.05) is 31.4 Å². The lowest BCUT2D eigenvalue weighted by Crippen LogP contribution is -2.43. The highest BCUT2D eigenvalue weighted by Gasteiger charge is 2.22. The van der Waals surface area contributed by atoms with E-state index in [2.05, 4.69) is 49.8 Å². The van der Waals surface area contributed by atoms with E-state index in [0.29, 0.717) is 37.2 Å². The van der Waals surface area contributed by atoms with Crippen LogP contribution in [0, 0.1) is 6.92 Å². The third-order valence-corrected chi connectivity index (χ3v) is 4.75. The fourth-order valence-corrected chi connectivity index (χ4v) is 3.50. The SMILES string of the molecule is Cc1cc(=O)[nH]c(NCCNC(=O)CN2CCCC(c3ccccc3)C2)n1. The quantitative estimate of drug-likeness (QED) is 0.644. The van der Waals surface area contributed by atoms with Crippen LogP contribution in [0.1, 0.15) is 30.0 Å². The summed E-state index contributed by atoms with van der Waals surface area (Å²) in [7, 11) is 0. The molecule has 1 fully saturated rings. The number of aromatic amines is 1. The highest BCUT2D eigenvalue weighted by molar-refractivity contribution is 5.78. The first-order valence-corrected chi connectivity index (χ1v) is 9.46. The first kappa shape index (κ1) is 19.1. The van der Waals surface area contributed by atoms with Crippen LogP contribution in [0.25, 0.3) is 0 Å². The van der Waals surface area contributed by atoms with Gasteiger partial charge in [-0.1, -0.05) is 30.3 Å². The topological polar surface area (TPSA) is 90.1 Å². The van der Waals surface area contributed by atoms with Crippen molar-refractivity contribution >= 4 is 11.9 Å². The average Bonchev–Trinajstić information content (AvgIpc) is 2.65. The van der Waals surface area contributed by atoms with E-state index >= 15 is 0 Å². The van der Waals surface area contributed by atoms with Gasteiger partial charge in [0.25, 0.3) is 5.56 Å². The Bertz CT molecular complexity index is 806. The number of likely N-dealkylation sites (tertiary alicyclic amines) is 1. The van der Waals surface area contributed by atoms with Crippen LogP contribution in [0.5, 0.6) is 0 Å². The van der Waals surface area contributed by atoms with Gasteiger partial charge in [0.2, 0.25) is 11.9 Å². The Kier molecular flexibility index (Phi) is 6.59. The van der Waals surface area contributed by atoms with Crippen LogP contribution in [-0.4, -0.2) is 53.5 Å². The maximum Gasteiger partial charge on any atom is 0.252 e. The molecule has 27 heavy (non-hydrogen) atoms. The number of carbonyl (C=O) groups excluding carboxylic acids is 1. The van der Waals surface area contributed by atoms with E-state index in [1.165, 1.54) is 18.1 Å². The van der Waals surface area contributed by atoms with Crippen molar-refractivity contribution in [1.82, 2.24) is 20.2 Å². The molecule has 0 radical (unpaired) electrons.